The number of hydrogen-bond donors (Lipinski definition) is 2. The van der Waals surface area contributed by atoms with Crippen LogP contribution >= 0.6 is 23.1 Å². The van der Waals surface area contributed by atoms with Gasteiger partial charge in [-0.05, 0) is 12.5 Å². The summed E-state index contributed by atoms with van der Waals surface area (Å²) in [7, 11) is 0. The summed E-state index contributed by atoms with van der Waals surface area (Å²) in [5.41, 5.74) is 1.95. The molecule has 3 aliphatic heterocycles. The zero-order chi connectivity index (χ0) is 18.6. The van der Waals surface area contributed by atoms with E-state index >= 15 is 0 Å². The molecule has 1 saturated heterocycles. The molecule has 7 nitrogen and oxygen atoms in total. The van der Waals surface area contributed by atoms with E-state index in [0.29, 0.717) is 4.91 Å². The molecule has 0 radical (unpaired) electrons. The number of aromatic nitrogens is 1. The van der Waals surface area contributed by atoms with Crippen LogP contribution in [0, 0.1) is 11.8 Å². The van der Waals surface area contributed by atoms with Crippen LogP contribution < -0.4 is 10.4 Å². The van der Waals surface area contributed by atoms with Gasteiger partial charge in [-0.15, -0.1) is 11.3 Å². The molecule has 138 valence electrons. The van der Waals surface area contributed by atoms with Crippen LogP contribution in [0.25, 0.3) is 5.57 Å². The number of thiazole rings is 1. The van der Waals surface area contributed by atoms with Gasteiger partial charge in [0.1, 0.15) is 0 Å². The number of carboxylic acids is 1. The molecule has 0 aromatic carbocycles. The number of amides is 1. The number of nitrogens with zero attached hydrogens (tertiary/aromatic N) is 2. The number of rotatable bonds is 5. The monoisotopic (exact) mass is 392 g/mol. The predicted octanol–water partition coefficient (Wildman–Crippen LogP) is 0.0408. The first-order chi connectivity index (χ1) is 12.4. The van der Waals surface area contributed by atoms with Crippen molar-refractivity contribution >= 4 is 40.5 Å². The summed E-state index contributed by atoms with van der Waals surface area (Å²) >= 11 is 2.73. The summed E-state index contributed by atoms with van der Waals surface area (Å²) in [5.74, 6) is -2.48. The maximum Gasteiger partial charge on any atom is 0.235 e. The van der Waals surface area contributed by atoms with E-state index in [1.807, 2.05) is 12.3 Å². The molecule has 1 aromatic rings. The molecule has 0 saturated carbocycles. The Balaban J connectivity index is 1.63. The summed E-state index contributed by atoms with van der Waals surface area (Å²) < 4.78 is 0.733. The number of hydrogen-bond acceptors (Lipinski definition) is 8. The third-order valence-corrected chi connectivity index (χ3v) is 7.34. The number of nitrogens with one attached hydrogen (secondary N) is 1. The lowest BCUT2D eigenvalue weighted by Gasteiger charge is -2.47. The van der Waals surface area contributed by atoms with Crippen LogP contribution in [0.15, 0.2) is 26.4 Å². The van der Waals surface area contributed by atoms with Crippen molar-refractivity contribution in [2.24, 2.45) is 11.8 Å². The molecule has 4 heterocycles. The van der Waals surface area contributed by atoms with Gasteiger partial charge < -0.3 is 25.2 Å². The first-order valence-electron chi connectivity index (χ1n) is 8.40. The fourth-order valence-electron chi connectivity index (χ4n) is 3.86. The fourth-order valence-corrected chi connectivity index (χ4v) is 5.97. The summed E-state index contributed by atoms with van der Waals surface area (Å²) in [5, 5.41) is 26.8. The minimum Gasteiger partial charge on any atom is -0.543 e. The Morgan fingerprint density at radius 1 is 1.58 bits per heavy atom. The molecule has 0 unspecified atom stereocenters. The number of thioether (sulfide) groups is 1. The fraction of sp³-hybridized carbons (Fsp3) is 0.471. The molecular weight excluding hydrogens is 374 g/mol. The first-order valence-corrected chi connectivity index (χ1v) is 10.1. The Morgan fingerprint density at radius 2 is 2.35 bits per heavy atom. The van der Waals surface area contributed by atoms with Crippen molar-refractivity contribution in [3.63, 3.8) is 0 Å². The molecular formula is C17H18N3O4S2-. The third kappa shape index (κ3) is 2.61. The van der Waals surface area contributed by atoms with E-state index in [9.17, 15) is 19.8 Å². The van der Waals surface area contributed by atoms with Gasteiger partial charge in [0.05, 0.1) is 35.4 Å². The normalized spacial score (nSPS) is 28.9. The van der Waals surface area contributed by atoms with Gasteiger partial charge in [-0.2, -0.15) is 0 Å². The van der Waals surface area contributed by atoms with Crippen LogP contribution in [-0.2, 0) is 9.59 Å². The zero-order valence-electron chi connectivity index (χ0n) is 14.3. The van der Waals surface area contributed by atoms with Gasteiger partial charge in [-0.25, -0.2) is 4.98 Å². The van der Waals surface area contributed by atoms with E-state index in [1.54, 1.807) is 6.92 Å². The van der Waals surface area contributed by atoms with Crippen molar-refractivity contribution in [3.8, 4) is 0 Å². The van der Waals surface area contributed by atoms with Crippen LogP contribution in [-0.4, -0.2) is 52.1 Å². The summed E-state index contributed by atoms with van der Waals surface area (Å²) in [6.45, 7) is 5.05. The highest BCUT2D eigenvalue weighted by molar-refractivity contribution is 8.04. The number of carbonyl (C=O) groups is 2. The minimum atomic E-state index is -1.36. The molecule has 0 spiro atoms. The minimum absolute atomic E-state index is 0.0760. The lowest BCUT2D eigenvalue weighted by molar-refractivity contribution is -0.301. The lowest BCUT2D eigenvalue weighted by atomic mass is 9.79. The topological polar surface area (TPSA) is 106 Å². The van der Waals surface area contributed by atoms with E-state index in [-0.39, 0.29) is 23.6 Å². The number of aliphatic carboxylic acids is 1. The van der Waals surface area contributed by atoms with E-state index < -0.39 is 18.0 Å². The molecule has 1 amide bonds. The molecule has 26 heavy (non-hydrogen) atoms. The van der Waals surface area contributed by atoms with Gasteiger partial charge >= 0.3 is 0 Å². The smallest absolute Gasteiger partial charge is 0.235 e. The second-order valence-electron chi connectivity index (χ2n) is 6.72. The molecule has 3 aliphatic rings. The van der Waals surface area contributed by atoms with Crippen molar-refractivity contribution in [1.29, 1.82) is 0 Å². The number of β-lactam (4-membered cyclic amide) rings is 1. The highest BCUT2D eigenvalue weighted by Crippen LogP contribution is 2.52. The van der Waals surface area contributed by atoms with Crippen LogP contribution in [0.2, 0.25) is 0 Å². The number of carboxylic acid groups (broad SMARTS) is 1. The standard InChI is InChI=1S/C17H19N3O4S2/c1-7-12-11(8(2)21)15(22)20(12)13(16(23)24)14(7)26-17-19-10(6-25-17)9-3-4-18-5-9/h3,6-8,11-12,18,21H,4-5H2,1-2H3,(H,23,24)/p-1/t7-,8-,11-,12-/m1/s1. The van der Waals surface area contributed by atoms with Crippen LogP contribution in [0.1, 0.15) is 19.5 Å². The van der Waals surface area contributed by atoms with E-state index in [1.165, 1.54) is 28.0 Å². The SMILES string of the molecule is C[C@@H](O)[C@H]1C(=O)N2C(C(=O)[O-])=C(Sc3nc(C4=CCNC4)cs3)[C@H](C)[C@H]12. The molecule has 1 aromatic heterocycles. The largest absolute Gasteiger partial charge is 0.543 e. The molecule has 4 rings (SSSR count). The van der Waals surface area contributed by atoms with Gasteiger partial charge in [0.15, 0.2) is 4.34 Å². The Kier molecular flexibility index (Phi) is 4.42. The summed E-state index contributed by atoms with van der Waals surface area (Å²) in [6, 6.07) is -0.334. The van der Waals surface area contributed by atoms with Crippen LogP contribution in [0.5, 0.6) is 0 Å². The maximum atomic E-state index is 12.3. The average Bonchev–Trinajstić information content (AvgIpc) is 3.28. The zero-order valence-corrected chi connectivity index (χ0v) is 15.9. The highest BCUT2D eigenvalue weighted by atomic mass is 32.2. The highest BCUT2D eigenvalue weighted by Gasteiger charge is 2.58. The molecule has 0 aliphatic carbocycles. The van der Waals surface area contributed by atoms with Crippen molar-refractivity contribution < 1.29 is 19.8 Å². The number of carbonyl (C=O) groups excluding carboxylic acids is 2. The molecule has 4 atom stereocenters. The van der Waals surface area contributed by atoms with Crippen LogP contribution in [0.3, 0.4) is 0 Å². The van der Waals surface area contributed by atoms with Gasteiger partial charge in [-0.3, -0.25) is 4.79 Å². The molecule has 1 fully saturated rings. The van der Waals surface area contributed by atoms with Crippen molar-refractivity contribution in [2.75, 3.05) is 13.1 Å². The lowest BCUT2D eigenvalue weighted by Crippen LogP contribution is -2.64. The van der Waals surface area contributed by atoms with Crippen molar-refractivity contribution in [3.05, 3.63) is 27.8 Å². The van der Waals surface area contributed by atoms with E-state index in [4.69, 9.17) is 0 Å². The number of aliphatic hydroxyl groups is 1. The van der Waals surface area contributed by atoms with Crippen molar-refractivity contribution in [2.45, 2.75) is 30.3 Å². The number of fused-ring (bicyclic) bond motifs is 1. The summed E-state index contributed by atoms with van der Waals surface area (Å²) in [6.07, 6.45) is 1.28. The van der Waals surface area contributed by atoms with Gasteiger partial charge in [0, 0.05) is 29.3 Å². The van der Waals surface area contributed by atoms with Gasteiger partial charge in [0.2, 0.25) is 5.91 Å². The summed E-state index contributed by atoms with van der Waals surface area (Å²) in [4.78, 5) is 30.5. The Bertz CT molecular complexity index is 845. The second kappa shape index (κ2) is 6.49. The van der Waals surface area contributed by atoms with Crippen LogP contribution in [0.4, 0.5) is 0 Å². The van der Waals surface area contributed by atoms with Gasteiger partial charge in [-0.1, -0.05) is 24.8 Å². The quantitative estimate of drug-likeness (QED) is 0.682. The van der Waals surface area contributed by atoms with Gasteiger partial charge in [0.25, 0.3) is 0 Å². The first kappa shape index (κ1) is 17.7. The molecule has 9 heteroatoms. The second-order valence-corrected chi connectivity index (χ2v) is 8.86. The Hall–Kier alpha value is -1.68. The molecule has 0 bridgehead atoms. The average molecular weight is 392 g/mol. The van der Waals surface area contributed by atoms with E-state index in [0.717, 1.165) is 28.7 Å². The third-order valence-electron chi connectivity index (χ3n) is 5.12. The Morgan fingerprint density at radius 3 is 2.96 bits per heavy atom. The molecule has 2 N–H and O–H groups in total. The maximum absolute atomic E-state index is 12.3. The van der Waals surface area contributed by atoms with E-state index in [2.05, 4.69) is 16.4 Å². The predicted molar refractivity (Wildman–Crippen MR) is 95.8 cm³/mol. The Labute approximate surface area is 158 Å². The van der Waals surface area contributed by atoms with Crippen molar-refractivity contribution in [1.82, 2.24) is 15.2 Å². The number of aliphatic hydroxyl groups excluding tert-OH is 1.